The van der Waals surface area contributed by atoms with Gasteiger partial charge in [-0.3, -0.25) is 0 Å². The van der Waals surface area contributed by atoms with Crippen molar-refractivity contribution < 1.29 is 22.1 Å². The van der Waals surface area contributed by atoms with Gasteiger partial charge in [-0.1, -0.05) is 12.1 Å². The molecule has 0 N–H and O–H groups in total. The Hall–Kier alpha value is -1.14. The van der Waals surface area contributed by atoms with E-state index in [4.69, 9.17) is 4.74 Å². The summed E-state index contributed by atoms with van der Waals surface area (Å²) in [5.41, 5.74) is 0.161. The van der Waals surface area contributed by atoms with Crippen molar-refractivity contribution in [3.63, 3.8) is 0 Å². The van der Waals surface area contributed by atoms with Crippen LogP contribution >= 0.6 is 0 Å². The summed E-state index contributed by atoms with van der Waals surface area (Å²) in [5, 5.41) is 0. The second-order valence-corrected chi connectivity index (χ2v) is 4.47. The zero-order valence-corrected chi connectivity index (χ0v) is 8.88. The van der Waals surface area contributed by atoms with E-state index >= 15 is 0 Å². The van der Waals surface area contributed by atoms with Crippen LogP contribution in [0.2, 0.25) is 0 Å². The Morgan fingerprint density at radius 1 is 1.47 bits per heavy atom. The number of hydrogen-bond acceptors (Lipinski definition) is 4. The van der Waals surface area contributed by atoms with Crippen LogP contribution < -0.4 is 4.74 Å². The fourth-order valence-corrected chi connectivity index (χ4v) is 1.61. The van der Waals surface area contributed by atoms with E-state index in [-0.39, 0.29) is 17.7 Å². The van der Waals surface area contributed by atoms with Gasteiger partial charge in [0, 0.05) is 5.75 Å². The van der Waals surface area contributed by atoms with Crippen LogP contribution in [0.4, 0.5) is 4.39 Å². The summed E-state index contributed by atoms with van der Waals surface area (Å²) in [6.07, 6.45) is -0.144. The van der Waals surface area contributed by atoms with E-state index in [0.29, 0.717) is 0 Å². The van der Waals surface area contributed by atoms with Crippen LogP contribution in [0.3, 0.4) is 0 Å². The average Bonchev–Trinajstić information content (AvgIpc) is 2.15. The van der Waals surface area contributed by atoms with Gasteiger partial charge in [-0.2, -0.15) is 0 Å². The van der Waals surface area contributed by atoms with Gasteiger partial charge in [-0.15, -0.1) is 0 Å². The molecule has 0 saturated heterocycles. The normalized spacial score (nSPS) is 11.4. The molecule has 1 aromatic rings. The lowest BCUT2D eigenvalue weighted by molar-refractivity contribution is 0.384. The molecule has 0 aliphatic carbocycles. The lowest BCUT2D eigenvalue weighted by atomic mass is 10.1. The monoisotopic (exact) mass is 233 g/mol. The quantitative estimate of drug-likeness (QED) is 0.725. The predicted molar refractivity (Wildman–Crippen MR) is 51.2 cm³/mol. The molecule has 15 heavy (non-hydrogen) atoms. The van der Waals surface area contributed by atoms with E-state index < -0.39 is 21.7 Å². The second-order valence-electron chi connectivity index (χ2n) is 2.95. The van der Waals surface area contributed by atoms with Crippen molar-refractivity contribution in [2.75, 3.05) is 12.9 Å². The number of rotatable bonds is 4. The third-order valence-electron chi connectivity index (χ3n) is 1.88. The predicted octanol–water partition coefficient (Wildman–Crippen LogP) is 0.922. The minimum absolute atomic E-state index is 0.0378. The number of aryl methyl sites for hydroxylation is 1. The van der Waals surface area contributed by atoms with Crippen LogP contribution in [0.1, 0.15) is 5.56 Å². The molecule has 6 heteroatoms. The summed E-state index contributed by atoms with van der Waals surface area (Å²) in [7, 11) is -3.00. The Morgan fingerprint density at radius 3 is 2.67 bits per heavy atom. The first-order chi connectivity index (χ1) is 6.94. The Labute approximate surface area is 87.4 Å². The number of hydrogen-bond donors (Lipinski definition) is 0. The molecular formula is C9H10FO4S-. The molecule has 0 aliphatic rings. The third kappa shape index (κ3) is 3.49. The van der Waals surface area contributed by atoms with Gasteiger partial charge in [0.1, 0.15) is 0 Å². The SMILES string of the molecule is COc1cccc(CCS(=O)(=O)[O-])c1F. The van der Waals surface area contributed by atoms with E-state index in [2.05, 4.69) is 0 Å². The lowest BCUT2D eigenvalue weighted by Crippen LogP contribution is -2.08. The summed E-state index contributed by atoms with van der Waals surface area (Å²) < 4.78 is 49.2. The summed E-state index contributed by atoms with van der Waals surface area (Å²) in [4.78, 5) is 0. The molecule has 0 radical (unpaired) electrons. The summed E-state index contributed by atoms with van der Waals surface area (Å²) in [5.74, 6) is -1.20. The first kappa shape index (κ1) is 11.9. The van der Waals surface area contributed by atoms with Gasteiger partial charge >= 0.3 is 0 Å². The highest BCUT2D eigenvalue weighted by Gasteiger charge is 2.08. The Balaban J connectivity index is 2.87. The van der Waals surface area contributed by atoms with Crippen LogP contribution in [0.15, 0.2) is 18.2 Å². The van der Waals surface area contributed by atoms with E-state index in [1.54, 1.807) is 0 Å². The first-order valence-corrected chi connectivity index (χ1v) is 5.76. The van der Waals surface area contributed by atoms with Crippen LogP contribution in [0.25, 0.3) is 0 Å². The fourth-order valence-electron chi connectivity index (χ4n) is 1.14. The second kappa shape index (κ2) is 4.59. The smallest absolute Gasteiger partial charge is 0.168 e. The molecule has 0 bridgehead atoms. The Morgan fingerprint density at radius 2 is 2.13 bits per heavy atom. The van der Waals surface area contributed by atoms with Crippen molar-refractivity contribution >= 4 is 10.1 Å². The maximum atomic E-state index is 13.4. The molecule has 0 amide bonds. The molecule has 0 aliphatic heterocycles. The molecule has 0 heterocycles. The van der Waals surface area contributed by atoms with Gasteiger partial charge in [0.2, 0.25) is 0 Å². The number of benzene rings is 1. The van der Waals surface area contributed by atoms with Gasteiger partial charge in [-0.25, -0.2) is 12.8 Å². The largest absolute Gasteiger partial charge is 0.748 e. The average molecular weight is 233 g/mol. The first-order valence-electron chi connectivity index (χ1n) is 4.19. The number of halogens is 1. The fraction of sp³-hybridized carbons (Fsp3) is 0.333. The molecule has 4 nitrogen and oxygen atoms in total. The maximum Gasteiger partial charge on any atom is 0.168 e. The van der Waals surface area contributed by atoms with Crippen LogP contribution in [0, 0.1) is 5.82 Å². The standard InChI is InChI=1S/C9H11FO4S/c1-14-8-4-2-3-7(9(8)10)5-6-15(11,12)13/h2-4H,5-6H2,1H3,(H,11,12,13)/p-1. The van der Waals surface area contributed by atoms with Crippen LogP contribution in [-0.2, 0) is 16.5 Å². The molecule has 0 aromatic heterocycles. The molecule has 1 rings (SSSR count). The minimum atomic E-state index is -4.32. The Bertz CT molecular complexity index is 441. The van der Waals surface area contributed by atoms with Gasteiger partial charge in [-0.05, 0) is 18.1 Å². The van der Waals surface area contributed by atoms with Gasteiger partial charge in [0.15, 0.2) is 11.6 Å². The van der Waals surface area contributed by atoms with E-state index in [9.17, 15) is 17.4 Å². The molecule has 0 fully saturated rings. The molecule has 1 aromatic carbocycles. The topological polar surface area (TPSA) is 66.4 Å². The zero-order valence-electron chi connectivity index (χ0n) is 8.07. The van der Waals surface area contributed by atoms with E-state index in [0.717, 1.165) is 0 Å². The van der Waals surface area contributed by atoms with Gasteiger partial charge < -0.3 is 9.29 Å². The molecule has 0 spiro atoms. The molecule has 0 unspecified atom stereocenters. The zero-order chi connectivity index (χ0) is 11.5. The van der Waals surface area contributed by atoms with Crippen molar-refractivity contribution in [1.82, 2.24) is 0 Å². The molecular weight excluding hydrogens is 223 g/mol. The number of ether oxygens (including phenoxy) is 1. The van der Waals surface area contributed by atoms with Crippen molar-refractivity contribution in [3.05, 3.63) is 29.6 Å². The lowest BCUT2D eigenvalue weighted by Gasteiger charge is -2.09. The van der Waals surface area contributed by atoms with Gasteiger partial charge in [0.25, 0.3) is 0 Å². The van der Waals surface area contributed by atoms with Crippen molar-refractivity contribution in [2.24, 2.45) is 0 Å². The highest BCUT2D eigenvalue weighted by molar-refractivity contribution is 7.85. The molecule has 0 atom stereocenters. The van der Waals surface area contributed by atoms with Crippen LogP contribution in [-0.4, -0.2) is 25.8 Å². The van der Waals surface area contributed by atoms with E-state index in [1.807, 2.05) is 0 Å². The molecule has 84 valence electrons. The maximum absolute atomic E-state index is 13.4. The van der Waals surface area contributed by atoms with E-state index in [1.165, 1.54) is 25.3 Å². The summed E-state index contributed by atoms with van der Waals surface area (Å²) >= 11 is 0. The highest BCUT2D eigenvalue weighted by atomic mass is 32.2. The Kier molecular flexibility index (Phi) is 3.65. The van der Waals surface area contributed by atoms with Crippen LogP contribution in [0.5, 0.6) is 5.75 Å². The summed E-state index contributed by atoms with van der Waals surface area (Å²) in [6.45, 7) is 0. The highest BCUT2D eigenvalue weighted by Crippen LogP contribution is 2.20. The minimum Gasteiger partial charge on any atom is -0.748 e. The van der Waals surface area contributed by atoms with Crippen molar-refractivity contribution in [3.8, 4) is 5.75 Å². The van der Waals surface area contributed by atoms with Gasteiger partial charge in [0.05, 0.1) is 17.2 Å². The third-order valence-corrected chi connectivity index (χ3v) is 2.59. The molecule has 0 saturated carbocycles. The summed E-state index contributed by atoms with van der Waals surface area (Å²) in [6, 6.07) is 4.38. The number of methoxy groups -OCH3 is 1. The van der Waals surface area contributed by atoms with Crippen molar-refractivity contribution in [2.45, 2.75) is 6.42 Å². The van der Waals surface area contributed by atoms with Crippen molar-refractivity contribution in [1.29, 1.82) is 0 Å².